The number of nitrogens with one attached hydrogen (secondary N) is 1. The first-order chi connectivity index (χ1) is 24.2. The highest BCUT2D eigenvalue weighted by atomic mass is 19.2. The molecule has 0 spiro atoms. The molecule has 0 atom stereocenters. The van der Waals surface area contributed by atoms with Gasteiger partial charge in [-0.25, -0.2) is 74.6 Å². The Morgan fingerprint density at radius 3 is 0.865 bits per heavy atom. The van der Waals surface area contributed by atoms with Gasteiger partial charge in [0.25, 0.3) is 0 Å². The van der Waals surface area contributed by atoms with Gasteiger partial charge >= 0.3 is 0 Å². The summed E-state index contributed by atoms with van der Waals surface area (Å²) < 4.78 is 251. The van der Waals surface area contributed by atoms with E-state index in [0.717, 1.165) is 0 Å². The van der Waals surface area contributed by atoms with Crippen LogP contribution in [0.25, 0.3) is 0 Å². The maximum atomic E-state index is 15.4. The molecule has 2 nitrogen and oxygen atoms in total. The summed E-state index contributed by atoms with van der Waals surface area (Å²) in [7, 11) is 4.24. The lowest BCUT2D eigenvalue weighted by Gasteiger charge is -2.44. The Morgan fingerprint density at radius 1 is 0.385 bits per heavy atom. The molecule has 5 rings (SSSR count). The molecule has 0 unspecified atom stereocenters. The van der Waals surface area contributed by atoms with Crippen LogP contribution in [0.3, 0.4) is 0 Å². The molecular formula is C32H15BF17NO. The van der Waals surface area contributed by atoms with E-state index in [1.165, 1.54) is 10.6 Å². The quantitative estimate of drug-likeness (QED) is 0.104. The first-order valence-electron chi connectivity index (χ1n) is 13.9. The van der Waals surface area contributed by atoms with Crippen LogP contribution in [0.4, 0.5) is 80.3 Å². The van der Waals surface area contributed by atoms with Crippen molar-refractivity contribution in [3.05, 3.63) is 141 Å². The van der Waals surface area contributed by atoms with Crippen LogP contribution < -0.4 is 26.8 Å². The van der Waals surface area contributed by atoms with E-state index in [2.05, 4.69) is 38.4 Å². The number of halogens is 17. The summed E-state index contributed by atoms with van der Waals surface area (Å²) in [4.78, 5) is 1.37. The topological polar surface area (TPSA) is 24.7 Å². The van der Waals surface area contributed by atoms with Crippen molar-refractivity contribution in [1.29, 1.82) is 0 Å². The molecule has 276 valence electrons. The SMILES string of the molecule is C[NH+](C)c1ccccc1.Oc1cc(F)c([B-](c2c(F)c(F)c(F)c(F)c2F)(c2c(F)c(F)c(F)c(F)c2F)c2c(F)c(F)c(F)c(F)c2F)c(F)c1. The number of quaternary nitrogens is 1. The minimum atomic E-state index is -6.64. The monoisotopic (exact) mass is 763 g/mol. The lowest BCUT2D eigenvalue weighted by Crippen LogP contribution is -3.00. The van der Waals surface area contributed by atoms with Crippen LogP contribution in [-0.4, -0.2) is 25.3 Å². The maximum absolute atomic E-state index is 15.4. The van der Waals surface area contributed by atoms with E-state index >= 15 is 35.1 Å². The van der Waals surface area contributed by atoms with E-state index in [1.54, 1.807) is 0 Å². The first kappa shape index (κ1) is 39.5. The Morgan fingerprint density at radius 2 is 0.635 bits per heavy atom. The molecule has 0 radical (unpaired) electrons. The van der Waals surface area contributed by atoms with Gasteiger partial charge in [-0.05, 0) is 12.1 Å². The second-order valence-corrected chi connectivity index (χ2v) is 11.0. The van der Waals surface area contributed by atoms with Gasteiger partial charge in [0.2, 0.25) is 0 Å². The average Bonchev–Trinajstić information content (AvgIpc) is 3.10. The molecule has 0 bridgehead atoms. The zero-order valence-corrected chi connectivity index (χ0v) is 25.5. The molecule has 0 saturated heterocycles. The highest BCUT2D eigenvalue weighted by molar-refractivity contribution is 7.20. The molecule has 5 aromatic carbocycles. The summed E-state index contributed by atoms with van der Waals surface area (Å²) in [6.45, 7) is 0. The minimum absolute atomic E-state index is 0.431. The van der Waals surface area contributed by atoms with Gasteiger partial charge in [0.15, 0.2) is 52.4 Å². The van der Waals surface area contributed by atoms with Gasteiger partial charge in [-0.2, -0.15) is 0 Å². The molecular weight excluding hydrogens is 748 g/mol. The third kappa shape index (κ3) is 6.07. The fraction of sp³-hybridized carbons (Fsp3) is 0.0625. The number of aromatic hydroxyl groups is 1. The molecule has 0 aliphatic carbocycles. The summed E-state index contributed by atoms with van der Waals surface area (Å²) in [6, 6.07) is 9.53. The van der Waals surface area contributed by atoms with Gasteiger partial charge in [0, 0.05) is 12.1 Å². The van der Waals surface area contributed by atoms with E-state index in [9.17, 15) is 44.6 Å². The van der Waals surface area contributed by atoms with Crippen LogP contribution in [0, 0.1) is 98.9 Å². The predicted molar refractivity (Wildman–Crippen MR) is 150 cm³/mol. The van der Waals surface area contributed by atoms with E-state index in [1.807, 2.05) is 6.07 Å². The third-order valence-electron chi connectivity index (χ3n) is 7.88. The number of hydrogen-bond donors (Lipinski definition) is 2. The molecule has 0 heterocycles. The number of hydrogen-bond acceptors (Lipinski definition) is 1. The number of phenols is 1. The van der Waals surface area contributed by atoms with Gasteiger partial charge in [-0.1, -0.05) is 18.2 Å². The van der Waals surface area contributed by atoms with Crippen molar-refractivity contribution < 1.29 is 84.6 Å². The molecule has 5 aromatic rings. The van der Waals surface area contributed by atoms with Crippen LogP contribution in [0.1, 0.15) is 0 Å². The Kier molecular flexibility index (Phi) is 10.9. The highest BCUT2D eigenvalue weighted by Crippen LogP contribution is 2.30. The van der Waals surface area contributed by atoms with Crippen molar-refractivity contribution in [2.24, 2.45) is 0 Å². The Bertz CT molecular complexity index is 1950. The fourth-order valence-corrected chi connectivity index (χ4v) is 5.63. The Hall–Kier alpha value is -5.27. The molecule has 0 fully saturated rings. The van der Waals surface area contributed by atoms with Crippen LogP contribution in [0.5, 0.6) is 5.75 Å². The number of phenolic OH excluding ortho intramolecular Hbond substituents is 1. The Balaban J connectivity index is 0.000000585. The van der Waals surface area contributed by atoms with Gasteiger partial charge in [0.1, 0.15) is 52.5 Å². The van der Waals surface area contributed by atoms with E-state index in [4.69, 9.17) is 0 Å². The molecule has 2 N–H and O–H groups in total. The zero-order chi connectivity index (χ0) is 39.3. The molecule has 0 aliphatic heterocycles. The molecule has 0 amide bonds. The molecule has 0 aromatic heterocycles. The lowest BCUT2D eigenvalue weighted by atomic mass is 9.12. The van der Waals surface area contributed by atoms with Gasteiger partial charge in [0.05, 0.1) is 25.7 Å². The van der Waals surface area contributed by atoms with Crippen LogP contribution in [-0.2, 0) is 0 Å². The molecule has 0 aliphatic rings. The van der Waals surface area contributed by atoms with Crippen molar-refractivity contribution >= 4 is 33.7 Å². The highest BCUT2D eigenvalue weighted by Gasteiger charge is 2.51. The number of rotatable bonds is 5. The third-order valence-corrected chi connectivity index (χ3v) is 7.88. The summed E-state index contributed by atoms with van der Waals surface area (Å²) in [5.74, 6) is -57.3. The second-order valence-electron chi connectivity index (χ2n) is 11.0. The van der Waals surface area contributed by atoms with Gasteiger partial charge in [-0.3, -0.25) is 0 Å². The van der Waals surface area contributed by atoms with E-state index in [-0.39, 0.29) is 0 Å². The normalized spacial score (nSPS) is 11.6. The van der Waals surface area contributed by atoms with E-state index in [0.29, 0.717) is 0 Å². The zero-order valence-electron chi connectivity index (χ0n) is 25.5. The van der Waals surface area contributed by atoms with Crippen molar-refractivity contribution in [2.75, 3.05) is 14.1 Å². The van der Waals surface area contributed by atoms with Crippen LogP contribution in [0.15, 0.2) is 42.5 Å². The number of benzene rings is 5. The summed E-state index contributed by atoms with van der Waals surface area (Å²) in [5, 5.41) is 9.47. The summed E-state index contributed by atoms with van der Waals surface area (Å²) in [6.07, 6.45) is -6.64. The average molecular weight is 763 g/mol. The van der Waals surface area contributed by atoms with Gasteiger partial charge < -0.3 is 10.0 Å². The van der Waals surface area contributed by atoms with Crippen molar-refractivity contribution in [2.45, 2.75) is 0 Å². The van der Waals surface area contributed by atoms with Crippen molar-refractivity contribution in [3.8, 4) is 5.75 Å². The standard InChI is InChI=1S/C24H3BF17O.C8H11N/c26-4-1-3(43)2-5(27)6(4)25(7-10(28)16(34)22(40)17(35)11(7)29,8-12(30)18(36)23(41)19(37)13(8)31)9-14(32)20(38)24(42)21(39)15(9)33;1-9(2)8-6-4-3-5-7-8/h1-2,43H;3-7H,1-2H3/q-1;/p+1. The molecule has 0 saturated carbocycles. The smallest absolute Gasteiger partial charge is 0.200 e. The molecule has 20 heteroatoms. The van der Waals surface area contributed by atoms with Crippen molar-refractivity contribution in [1.82, 2.24) is 0 Å². The predicted octanol–water partition coefficient (Wildman–Crippen LogP) is 5.60. The van der Waals surface area contributed by atoms with Gasteiger partial charge in [-0.15, -0.1) is 21.9 Å². The Labute approximate surface area is 279 Å². The number of para-hydroxylation sites is 1. The lowest BCUT2D eigenvalue weighted by molar-refractivity contribution is -0.786. The van der Waals surface area contributed by atoms with Crippen LogP contribution >= 0.6 is 0 Å². The summed E-state index contributed by atoms with van der Waals surface area (Å²) >= 11 is 0. The largest absolute Gasteiger partial charge is 0.508 e. The second kappa shape index (κ2) is 14.4. The maximum Gasteiger partial charge on any atom is 0.200 e. The van der Waals surface area contributed by atoms with E-state index < -0.39 is 145 Å². The minimum Gasteiger partial charge on any atom is -0.508 e. The van der Waals surface area contributed by atoms with Crippen molar-refractivity contribution in [3.63, 3.8) is 0 Å². The van der Waals surface area contributed by atoms with Crippen LogP contribution in [0.2, 0.25) is 0 Å². The first-order valence-corrected chi connectivity index (χ1v) is 13.9. The summed E-state index contributed by atoms with van der Waals surface area (Å²) in [5.41, 5.74) is -11.1. The molecule has 52 heavy (non-hydrogen) atoms. The fourth-order valence-electron chi connectivity index (χ4n) is 5.63.